The van der Waals surface area contributed by atoms with Crippen molar-refractivity contribution in [1.82, 2.24) is 25.4 Å². The number of hydrogen-bond donors (Lipinski definition) is 1. The number of ether oxygens (including phenoxy) is 4. The van der Waals surface area contributed by atoms with Crippen LogP contribution >= 0.6 is 11.3 Å². The summed E-state index contributed by atoms with van der Waals surface area (Å²) in [5.74, 6) is -2.49. The molecule has 0 bridgehead atoms. The number of hydrogen-bond acceptors (Lipinski definition) is 12. The fourth-order valence-corrected chi connectivity index (χ4v) is 9.15. The zero-order valence-corrected chi connectivity index (χ0v) is 34.4. The van der Waals surface area contributed by atoms with Crippen molar-refractivity contribution in [3.63, 3.8) is 0 Å². The van der Waals surface area contributed by atoms with Crippen molar-refractivity contribution in [1.29, 1.82) is 0 Å². The van der Waals surface area contributed by atoms with Crippen LogP contribution in [-0.4, -0.2) is 70.0 Å². The highest BCUT2D eigenvalue weighted by Gasteiger charge is 2.44. The Kier molecular flexibility index (Phi) is 11.1. The summed E-state index contributed by atoms with van der Waals surface area (Å²) < 4.78 is 44.7. The van der Waals surface area contributed by atoms with Crippen molar-refractivity contribution in [2.24, 2.45) is 0 Å². The number of carbonyl (C=O) groups excluding carboxylic acids is 3. The number of halogens is 1. The van der Waals surface area contributed by atoms with Crippen LogP contribution in [-0.2, 0) is 37.6 Å². The third kappa shape index (κ3) is 8.10. The third-order valence-electron chi connectivity index (χ3n) is 10.7. The Morgan fingerprint density at radius 1 is 1.00 bits per heavy atom. The van der Waals surface area contributed by atoms with Crippen LogP contribution in [0.15, 0.2) is 65.1 Å². The first-order valence-corrected chi connectivity index (χ1v) is 20.7. The molecule has 3 aromatic heterocycles. The summed E-state index contributed by atoms with van der Waals surface area (Å²) in [6.07, 6.45) is 2.13. The molecule has 2 aromatic carbocycles. The molecule has 13 nitrogen and oxygen atoms in total. The van der Waals surface area contributed by atoms with Gasteiger partial charge in [0.05, 0.1) is 59.3 Å². The number of carbonyl (C=O) groups is 3. The molecule has 59 heavy (non-hydrogen) atoms. The van der Waals surface area contributed by atoms with Gasteiger partial charge in [-0.25, -0.2) is 14.0 Å². The van der Waals surface area contributed by atoms with Crippen molar-refractivity contribution in [3.8, 4) is 21.9 Å². The number of nitrogens with one attached hydrogen (secondary N) is 1. The first-order chi connectivity index (χ1) is 28.3. The maximum absolute atomic E-state index is 14.5. The highest BCUT2D eigenvalue weighted by Crippen LogP contribution is 2.47. The molecule has 0 saturated carbocycles. The molecule has 2 aliphatic heterocycles. The quantitative estimate of drug-likeness (QED) is 0.135. The molecule has 8 rings (SSSR count). The van der Waals surface area contributed by atoms with Gasteiger partial charge in [-0.3, -0.25) is 14.7 Å². The van der Waals surface area contributed by atoms with E-state index >= 15 is 0 Å². The van der Waals surface area contributed by atoms with E-state index < -0.39 is 35.3 Å². The second-order valence-corrected chi connectivity index (χ2v) is 16.9. The molecule has 2 atom stereocenters. The van der Waals surface area contributed by atoms with E-state index in [9.17, 15) is 18.8 Å². The van der Waals surface area contributed by atoms with Gasteiger partial charge in [0, 0.05) is 35.9 Å². The van der Waals surface area contributed by atoms with Gasteiger partial charge in [0.15, 0.2) is 0 Å². The molecule has 1 N–H and O–H groups in total. The summed E-state index contributed by atoms with van der Waals surface area (Å²) in [6, 6.07) is 16.6. The highest BCUT2D eigenvalue weighted by atomic mass is 32.1. The van der Waals surface area contributed by atoms with Crippen molar-refractivity contribution >= 4 is 29.3 Å². The molecule has 15 heteroatoms. The van der Waals surface area contributed by atoms with E-state index in [-0.39, 0.29) is 61.2 Å². The number of thiophene rings is 1. The number of nitrogens with zero attached hydrogens (tertiary/aromatic N) is 4. The Morgan fingerprint density at radius 3 is 2.47 bits per heavy atom. The molecule has 0 spiro atoms. The number of fused-ring (bicyclic) bond motifs is 1. The molecular formula is C44H46FN5O8S. The van der Waals surface area contributed by atoms with Crippen LogP contribution in [0.4, 0.5) is 9.18 Å². The minimum Gasteiger partial charge on any atom is -0.462 e. The average molecular weight is 824 g/mol. The largest absolute Gasteiger partial charge is 0.462 e. The van der Waals surface area contributed by atoms with Gasteiger partial charge < -0.3 is 28.7 Å². The maximum atomic E-state index is 14.5. The first-order valence-electron chi connectivity index (χ1n) is 19.9. The fourth-order valence-electron chi connectivity index (χ4n) is 8.18. The number of aryl methyl sites for hydroxylation is 2. The Morgan fingerprint density at radius 2 is 1.76 bits per heavy atom. The lowest BCUT2D eigenvalue weighted by Gasteiger charge is -2.32. The fraction of sp³-hybridized carbons (Fsp3) is 0.409. The molecule has 1 aliphatic carbocycles. The van der Waals surface area contributed by atoms with Gasteiger partial charge >= 0.3 is 12.1 Å². The van der Waals surface area contributed by atoms with Crippen LogP contribution in [0.2, 0.25) is 0 Å². The first kappa shape index (κ1) is 40.3. The van der Waals surface area contributed by atoms with E-state index in [1.54, 1.807) is 63.8 Å². The molecule has 0 radical (unpaired) electrons. The minimum atomic E-state index is -1.43. The zero-order chi connectivity index (χ0) is 41.5. The smallest absolute Gasteiger partial charge is 0.410 e. The number of benzene rings is 2. The van der Waals surface area contributed by atoms with E-state index in [1.807, 2.05) is 18.2 Å². The average Bonchev–Trinajstić information content (AvgIpc) is 4.06. The molecule has 308 valence electrons. The lowest BCUT2D eigenvalue weighted by molar-refractivity contribution is -0.165. The predicted octanol–water partition coefficient (Wildman–Crippen LogP) is 8.42. The topological polar surface area (TPSA) is 155 Å². The third-order valence-corrected chi connectivity index (χ3v) is 11.8. The molecule has 2 fully saturated rings. The molecule has 5 aromatic rings. The van der Waals surface area contributed by atoms with Gasteiger partial charge in [-0.2, -0.15) is 0 Å². The number of rotatable bonds is 10. The zero-order valence-electron chi connectivity index (χ0n) is 33.6. The van der Waals surface area contributed by atoms with Gasteiger partial charge in [-0.15, -0.1) is 21.5 Å². The molecule has 2 saturated heterocycles. The Bertz CT molecular complexity index is 2380. The van der Waals surface area contributed by atoms with E-state index in [0.717, 1.165) is 18.4 Å². The summed E-state index contributed by atoms with van der Waals surface area (Å²) in [6.45, 7) is 9.64. The molecule has 2 amide bonds. The lowest BCUT2D eigenvalue weighted by atomic mass is 9.89. The Hall–Kier alpha value is -5.51. The van der Waals surface area contributed by atoms with Crippen LogP contribution in [0.1, 0.15) is 113 Å². The molecule has 0 unspecified atom stereocenters. The summed E-state index contributed by atoms with van der Waals surface area (Å²) >= 11 is 1.19. The van der Waals surface area contributed by atoms with Crippen molar-refractivity contribution in [2.45, 2.75) is 90.2 Å². The van der Waals surface area contributed by atoms with Crippen molar-refractivity contribution in [3.05, 3.63) is 111 Å². The number of aromatic nitrogens is 3. The second-order valence-electron chi connectivity index (χ2n) is 15.8. The van der Waals surface area contributed by atoms with Crippen molar-refractivity contribution < 1.29 is 42.1 Å². The molecule has 3 aliphatic rings. The van der Waals surface area contributed by atoms with E-state index in [2.05, 4.69) is 21.6 Å². The number of likely N-dealkylation sites (tertiary alicyclic amines) is 1. The summed E-state index contributed by atoms with van der Waals surface area (Å²) in [5, 5.41) is 11.8. The minimum absolute atomic E-state index is 0.0442. The normalized spacial score (nSPS) is 18.5. The predicted molar refractivity (Wildman–Crippen MR) is 215 cm³/mol. The summed E-state index contributed by atoms with van der Waals surface area (Å²) in [4.78, 5) is 50.2. The molecule has 5 heterocycles. The standard InChI is InChI=1S/C44H46FN5O8S/c1-6-54-41(52)37-36(33-19-20-34(59-33)39(51)47-30-18-13-26-10-7-8-11-29(26)30)35(40-49-48-25(2)57-40)31(24-44(55-22-23-56-44)27-14-16-28(45)17-15-27)46-38(37)32-12-9-21-50(32)42(53)58-43(3,4)5/h7-8,10-11,14-17,19-20,30,32H,6,9,12-13,18,21-24H2,1-5H3,(H,47,51)/t30-,32+/m1/s1. The van der Waals surface area contributed by atoms with Crippen LogP contribution in [0, 0.1) is 12.7 Å². The summed E-state index contributed by atoms with van der Waals surface area (Å²) in [5.41, 5.74) is 3.40. The van der Waals surface area contributed by atoms with Crippen LogP contribution in [0.5, 0.6) is 0 Å². The maximum Gasteiger partial charge on any atom is 0.410 e. The number of amides is 2. The SMILES string of the molecule is CCOC(=O)c1c([C@@H]2CCCN2C(=O)OC(C)(C)C)nc(CC2(c3ccc(F)cc3)OCCO2)c(-c2nnc(C)o2)c1-c1ccc(C(=O)N[C@@H]2CCc3ccccc32)s1. The van der Waals surface area contributed by atoms with Crippen molar-refractivity contribution in [2.75, 3.05) is 26.4 Å². The van der Waals surface area contributed by atoms with Crippen LogP contribution in [0.25, 0.3) is 21.9 Å². The van der Waals surface area contributed by atoms with Gasteiger partial charge in [0.1, 0.15) is 11.4 Å². The Balaban J connectivity index is 1.34. The van der Waals surface area contributed by atoms with Gasteiger partial charge in [0.2, 0.25) is 17.6 Å². The molecular weight excluding hydrogens is 778 g/mol. The second kappa shape index (κ2) is 16.3. The van der Waals surface area contributed by atoms with E-state index in [4.69, 9.17) is 28.3 Å². The monoisotopic (exact) mass is 823 g/mol. The van der Waals surface area contributed by atoms with Crippen LogP contribution in [0.3, 0.4) is 0 Å². The number of esters is 1. The number of pyridine rings is 1. The van der Waals surface area contributed by atoms with Gasteiger partial charge in [-0.05, 0) is 88.8 Å². The Labute approximate surface area is 345 Å². The van der Waals surface area contributed by atoms with Crippen LogP contribution < -0.4 is 5.32 Å². The summed E-state index contributed by atoms with van der Waals surface area (Å²) in [7, 11) is 0. The lowest BCUT2D eigenvalue weighted by Crippen LogP contribution is -2.37. The van der Waals surface area contributed by atoms with E-state index in [1.165, 1.54) is 29.0 Å². The van der Waals surface area contributed by atoms with E-state index in [0.29, 0.717) is 51.5 Å². The van der Waals surface area contributed by atoms with Gasteiger partial charge in [0.25, 0.3) is 5.91 Å². The highest BCUT2D eigenvalue weighted by molar-refractivity contribution is 7.17. The van der Waals surface area contributed by atoms with Gasteiger partial charge in [-0.1, -0.05) is 36.4 Å².